The predicted molar refractivity (Wildman–Crippen MR) is 72.1 cm³/mol. The van der Waals surface area contributed by atoms with Gasteiger partial charge in [-0.1, -0.05) is 0 Å². The lowest BCUT2D eigenvalue weighted by atomic mass is 10.2. The fourth-order valence-electron chi connectivity index (χ4n) is 2.07. The third kappa shape index (κ3) is 3.53. The zero-order valence-electron chi connectivity index (χ0n) is 10.1. The number of benzene rings is 1. The Labute approximate surface area is 114 Å². The lowest BCUT2D eigenvalue weighted by Gasteiger charge is -2.14. The highest BCUT2D eigenvalue weighted by atomic mass is 79.9. The number of nitrogens with one attached hydrogen (secondary N) is 1. The van der Waals surface area contributed by atoms with Crippen LogP contribution in [0.2, 0.25) is 0 Å². The van der Waals surface area contributed by atoms with Gasteiger partial charge in [0, 0.05) is 18.7 Å². The van der Waals surface area contributed by atoms with Crippen LogP contribution >= 0.6 is 15.9 Å². The molecule has 0 aromatic heterocycles. The van der Waals surface area contributed by atoms with Crippen LogP contribution in [-0.4, -0.2) is 37.0 Å². The van der Waals surface area contributed by atoms with E-state index in [1.165, 1.54) is 18.9 Å². The quantitative estimate of drug-likeness (QED) is 0.925. The zero-order chi connectivity index (χ0) is 13.0. The summed E-state index contributed by atoms with van der Waals surface area (Å²) in [6.07, 6.45) is 2.48. The highest BCUT2D eigenvalue weighted by molar-refractivity contribution is 9.10. The molecule has 1 N–H and O–H groups in total. The van der Waals surface area contributed by atoms with Gasteiger partial charge in [-0.2, -0.15) is 0 Å². The predicted octanol–water partition coefficient (Wildman–Crippen LogP) is 2.41. The topological polar surface area (TPSA) is 32.3 Å². The molecule has 18 heavy (non-hydrogen) atoms. The van der Waals surface area contributed by atoms with Crippen LogP contribution in [0.5, 0.6) is 0 Å². The van der Waals surface area contributed by atoms with Gasteiger partial charge in [0.1, 0.15) is 5.82 Å². The van der Waals surface area contributed by atoms with Crippen LogP contribution in [0.1, 0.15) is 23.2 Å². The normalized spacial score (nSPS) is 15.9. The molecule has 0 radical (unpaired) electrons. The molecule has 1 aliphatic rings. The smallest absolute Gasteiger partial charge is 0.251 e. The van der Waals surface area contributed by atoms with E-state index in [4.69, 9.17) is 0 Å². The molecule has 0 bridgehead atoms. The SMILES string of the molecule is O=C(NCCN1CCCC1)c1ccc(Br)c(F)c1. The second kappa shape index (κ2) is 6.29. The molecule has 2 rings (SSSR count). The molecule has 5 heteroatoms. The fraction of sp³-hybridized carbons (Fsp3) is 0.462. The van der Waals surface area contributed by atoms with Crippen molar-refractivity contribution in [3.63, 3.8) is 0 Å². The minimum absolute atomic E-state index is 0.222. The number of likely N-dealkylation sites (tertiary alicyclic amines) is 1. The van der Waals surface area contributed by atoms with E-state index in [2.05, 4.69) is 26.1 Å². The Hall–Kier alpha value is -0.940. The van der Waals surface area contributed by atoms with Crippen LogP contribution in [0.3, 0.4) is 0 Å². The molecule has 1 heterocycles. The molecule has 1 aromatic carbocycles. The van der Waals surface area contributed by atoms with Gasteiger partial charge >= 0.3 is 0 Å². The van der Waals surface area contributed by atoms with Crippen LogP contribution in [0.25, 0.3) is 0 Å². The van der Waals surface area contributed by atoms with Crippen molar-refractivity contribution in [2.24, 2.45) is 0 Å². The monoisotopic (exact) mass is 314 g/mol. The Morgan fingerprint density at radius 1 is 1.39 bits per heavy atom. The summed E-state index contributed by atoms with van der Waals surface area (Å²) in [5.41, 5.74) is 0.358. The molecule has 0 unspecified atom stereocenters. The van der Waals surface area contributed by atoms with Gasteiger partial charge in [0.05, 0.1) is 4.47 Å². The van der Waals surface area contributed by atoms with Crippen molar-refractivity contribution in [2.45, 2.75) is 12.8 Å². The third-order valence-electron chi connectivity index (χ3n) is 3.09. The Balaban J connectivity index is 1.81. The second-order valence-electron chi connectivity index (χ2n) is 4.43. The summed E-state index contributed by atoms with van der Waals surface area (Å²) >= 11 is 3.06. The Morgan fingerprint density at radius 3 is 2.78 bits per heavy atom. The van der Waals surface area contributed by atoms with Crippen LogP contribution in [0, 0.1) is 5.82 Å². The summed E-state index contributed by atoms with van der Waals surface area (Å²) in [6, 6.07) is 4.40. The molecular weight excluding hydrogens is 299 g/mol. The molecule has 1 fully saturated rings. The van der Waals surface area contributed by atoms with E-state index in [9.17, 15) is 9.18 Å². The molecule has 3 nitrogen and oxygen atoms in total. The summed E-state index contributed by atoms with van der Waals surface area (Å²) in [5, 5.41) is 2.81. The van der Waals surface area contributed by atoms with Gasteiger partial charge in [0.2, 0.25) is 0 Å². The first-order chi connectivity index (χ1) is 8.66. The fourth-order valence-corrected chi connectivity index (χ4v) is 2.32. The number of rotatable bonds is 4. The van der Waals surface area contributed by atoms with Crippen molar-refractivity contribution >= 4 is 21.8 Å². The van der Waals surface area contributed by atoms with Crippen LogP contribution < -0.4 is 5.32 Å². The Morgan fingerprint density at radius 2 is 2.11 bits per heavy atom. The van der Waals surface area contributed by atoms with E-state index in [1.807, 2.05) is 0 Å². The van der Waals surface area contributed by atoms with E-state index < -0.39 is 5.82 Å². The maximum absolute atomic E-state index is 13.3. The molecule has 1 aromatic rings. The molecule has 98 valence electrons. The molecule has 1 saturated heterocycles. The first-order valence-corrected chi connectivity index (χ1v) is 6.92. The summed E-state index contributed by atoms with van der Waals surface area (Å²) in [5.74, 6) is -0.636. The van der Waals surface area contributed by atoms with Crippen molar-refractivity contribution in [1.82, 2.24) is 10.2 Å². The largest absolute Gasteiger partial charge is 0.351 e. The van der Waals surface area contributed by atoms with Crippen LogP contribution in [-0.2, 0) is 0 Å². The molecular formula is C13H16BrFN2O. The molecule has 1 amide bonds. The summed E-state index contributed by atoms with van der Waals surface area (Å²) in [6.45, 7) is 3.70. The number of hydrogen-bond donors (Lipinski definition) is 1. The molecule has 0 aliphatic carbocycles. The minimum Gasteiger partial charge on any atom is -0.351 e. The van der Waals surface area contributed by atoms with Gasteiger partial charge < -0.3 is 10.2 Å². The maximum Gasteiger partial charge on any atom is 0.251 e. The Bertz CT molecular complexity index is 433. The van der Waals surface area contributed by atoms with Crippen LogP contribution in [0.4, 0.5) is 4.39 Å². The first kappa shape index (κ1) is 13.5. The maximum atomic E-state index is 13.3. The molecule has 0 saturated carbocycles. The molecule has 0 atom stereocenters. The van der Waals surface area contributed by atoms with E-state index >= 15 is 0 Å². The van der Waals surface area contributed by atoms with E-state index in [-0.39, 0.29) is 5.91 Å². The van der Waals surface area contributed by atoms with Gasteiger partial charge in [-0.05, 0) is 60.1 Å². The third-order valence-corrected chi connectivity index (χ3v) is 3.74. The van der Waals surface area contributed by atoms with Crippen molar-refractivity contribution in [1.29, 1.82) is 0 Å². The second-order valence-corrected chi connectivity index (χ2v) is 5.29. The van der Waals surface area contributed by atoms with Crippen molar-refractivity contribution in [3.8, 4) is 0 Å². The lowest BCUT2D eigenvalue weighted by molar-refractivity contribution is 0.0949. The lowest BCUT2D eigenvalue weighted by Crippen LogP contribution is -2.33. The van der Waals surface area contributed by atoms with Gasteiger partial charge in [0.15, 0.2) is 0 Å². The first-order valence-electron chi connectivity index (χ1n) is 6.12. The number of hydrogen-bond acceptors (Lipinski definition) is 2. The van der Waals surface area contributed by atoms with Gasteiger partial charge in [-0.3, -0.25) is 4.79 Å². The van der Waals surface area contributed by atoms with Crippen molar-refractivity contribution in [2.75, 3.05) is 26.2 Å². The minimum atomic E-state index is -0.415. The van der Waals surface area contributed by atoms with Gasteiger partial charge in [-0.15, -0.1) is 0 Å². The van der Waals surface area contributed by atoms with Gasteiger partial charge in [0.25, 0.3) is 5.91 Å². The standard InChI is InChI=1S/C13H16BrFN2O/c14-11-4-3-10(9-12(11)15)13(18)16-5-8-17-6-1-2-7-17/h3-4,9H,1-2,5-8H2,(H,16,18). The number of carbonyl (C=O) groups is 1. The average Bonchev–Trinajstić information content (AvgIpc) is 2.85. The molecule has 0 spiro atoms. The van der Waals surface area contributed by atoms with E-state index in [0.717, 1.165) is 19.6 Å². The number of halogens is 2. The van der Waals surface area contributed by atoms with Crippen LogP contribution in [0.15, 0.2) is 22.7 Å². The zero-order valence-corrected chi connectivity index (χ0v) is 11.7. The van der Waals surface area contributed by atoms with Gasteiger partial charge in [-0.25, -0.2) is 4.39 Å². The van der Waals surface area contributed by atoms with Crippen molar-refractivity contribution < 1.29 is 9.18 Å². The molecule has 1 aliphatic heterocycles. The summed E-state index contributed by atoms with van der Waals surface area (Å²) in [4.78, 5) is 14.1. The highest BCUT2D eigenvalue weighted by Crippen LogP contribution is 2.16. The average molecular weight is 315 g/mol. The van der Waals surface area contributed by atoms with E-state index in [0.29, 0.717) is 16.6 Å². The number of carbonyl (C=O) groups excluding carboxylic acids is 1. The van der Waals surface area contributed by atoms with Crippen molar-refractivity contribution in [3.05, 3.63) is 34.1 Å². The number of amides is 1. The summed E-state index contributed by atoms with van der Waals surface area (Å²) < 4.78 is 13.6. The van der Waals surface area contributed by atoms with E-state index in [1.54, 1.807) is 12.1 Å². The Kier molecular flexibility index (Phi) is 4.72. The number of nitrogens with zero attached hydrogens (tertiary/aromatic N) is 1. The highest BCUT2D eigenvalue weighted by Gasteiger charge is 2.12. The summed E-state index contributed by atoms with van der Waals surface area (Å²) in [7, 11) is 0.